The Hall–Kier alpha value is -2.68. The molecule has 0 aliphatic rings. The molecule has 0 fully saturated rings. The van der Waals surface area contributed by atoms with E-state index >= 15 is 0 Å². The largest absolute Gasteiger partial charge is 0.477 e. The van der Waals surface area contributed by atoms with Gasteiger partial charge in [0.2, 0.25) is 5.88 Å². The number of aromatic nitrogens is 2. The Bertz CT molecular complexity index is 855. The van der Waals surface area contributed by atoms with Gasteiger partial charge in [-0.25, -0.2) is 9.97 Å². The average molecular weight is 403 g/mol. The Morgan fingerprint density at radius 1 is 0.633 bits per heavy atom. The first-order chi connectivity index (χ1) is 14.8. The highest BCUT2D eigenvalue weighted by Gasteiger charge is 2.04. The summed E-state index contributed by atoms with van der Waals surface area (Å²) in [7, 11) is 0. The van der Waals surface area contributed by atoms with Crippen molar-refractivity contribution in [3.63, 3.8) is 0 Å². The predicted octanol–water partition coefficient (Wildman–Crippen LogP) is 7.50. The van der Waals surface area contributed by atoms with Crippen molar-refractivity contribution in [2.24, 2.45) is 0 Å². The summed E-state index contributed by atoms with van der Waals surface area (Å²) in [4.78, 5) is 8.96. The third-order valence-corrected chi connectivity index (χ3v) is 5.38. The highest BCUT2D eigenvalue weighted by atomic mass is 16.5. The van der Waals surface area contributed by atoms with Gasteiger partial charge in [-0.2, -0.15) is 0 Å². The van der Waals surface area contributed by atoms with Gasteiger partial charge in [0, 0.05) is 5.56 Å². The lowest BCUT2D eigenvalue weighted by atomic mass is 10.0. The van der Waals surface area contributed by atoms with E-state index in [1.54, 1.807) is 12.4 Å². The number of ether oxygens (including phenoxy) is 1. The second-order valence-electron chi connectivity index (χ2n) is 7.88. The van der Waals surface area contributed by atoms with Crippen LogP contribution in [0.1, 0.15) is 64.4 Å². The summed E-state index contributed by atoms with van der Waals surface area (Å²) in [5, 5.41) is 0. The van der Waals surface area contributed by atoms with Crippen molar-refractivity contribution >= 4 is 0 Å². The summed E-state index contributed by atoms with van der Waals surface area (Å²) < 4.78 is 5.73. The molecule has 0 aliphatic heterocycles. The van der Waals surface area contributed by atoms with Crippen LogP contribution in [0.15, 0.2) is 60.9 Å². The summed E-state index contributed by atoms with van der Waals surface area (Å²) in [6.45, 7) is 5.17. The Labute approximate surface area is 181 Å². The van der Waals surface area contributed by atoms with E-state index in [2.05, 4.69) is 72.3 Å². The minimum absolute atomic E-state index is 0.607. The minimum Gasteiger partial charge on any atom is -0.477 e. The summed E-state index contributed by atoms with van der Waals surface area (Å²) in [6, 6.07) is 17.4. The maximum absolute atomic E-state index is 5.73. The van der Waals surface area contributed by atoms with E-state index in [0.717, 1.165) is 24.1 Å². The molecule has 0 atom stereocenters. The molecular formula is C27H34N2O. The molecule has 1 aromatic heterocycles. The minimum atomic E-state index is 0.607. The van der Waals surface area contributed by atoms with Gasteiger partial charge < -0.3 is 4.74 Å². The molecular weight excluding hydrogens is 368 g/mol. The zero-order chi connectivity index (χ0) is 21.0. The van der Waals surface area contributed by atoms with E-state index < -0.39 is 0 Å². The lowest BCUT2D eigenvalue weighted by Crippen LogP contribution is -2.00. The molecule has 0 N–H and O–H groups in total. The normalized spacial score (nSPS) is 10.9. The molecule has 0 aliphatic carbocycles. The Morgan fingerprint density at radius 3 is 1.90 bits per heavy atom. The summed E-state index contributed by atoms with van der Waals surface area (Å²) in [5.41, 5.74) is 5.79. The quantitative estimate of drug-likeness (QED) is 0.294. The first-order valence-corrected chi connectivity index (χ1v) is 11.4. The Morgan fingerprint density at radius 2 is 1.27 bits per heavy atom. The fourth-order valence-electron chi connectivity index (χ4n) is 3.58. The molecule has 3 rings (SSSR count). The van der Waals surface area contributed by atoms with E-state index in [0.29, 0.717) is 12.5 Å². The molecule has 158 valence electrons. The SMILES string of the molecule is CCCCCCCCOc1cnc(-c2ccc(-c3ccc(CCC)cc3)cc2)cn1. The van der Waals surface area contributed by atoms with Crippen molar-refractivity contribution < 1.29 is 4.74 Å². The Kier molecular flexibility index (Phi) is 8.89. The van der Waals surface area contributed by atoms with Crippen LogP contribution in [-0.4, -0.2) is 16.6 Å². The van der Waals surface area contributed by atoms with E-state index in [9.17, 15) is 0 Å². The average Bonchev–Trinajstić information content (AvgIpc) is 2.80. The second-order valence-corrected chi connectivity index (χ2v) is 7.88. The monoisotopic (exact) mass is 402 g/mol. The van der Waals surface area contributed by atoms with Crippen LogP contribution in [0.2, 0.25) is 0 Å². The van der Waals surface area contributed by atoms with Gasteiger partial charge >= 0.3 is 0 Å². The van der Waals surface area contributed by atoms with Crippen LogP contribution in [0.3, 0.4) is 0 Å². The number of nitrogens with zero attached hydrogens (tertiary/aromatic N) is 2. The lowest BCUT2D eigenvalue weighted by Gasteiger charge is -2.07. The van der Waals surface area contributed by atoms with Crippen molar-refractivity contribution in [3.05, 3.63) is 66.5 Å². The third kappa shape index (κ3) is 6.69. The smallest absolute Gasteiger partial charge is 0.232 e. The standard InChI is InChI=1S/C27H34N2O/c1-3-5-6-7-8-9-19-30-27-21-28-26(20-29-27)25-17-15-24(16-18-25)23-13-11-22(10-4-2)12-14-23/h11-18,20-21H,3-10,19H2,1-2H3. The topological polar surface area (TPSA) is 35.0 Å². The van der Waals surface area contributed by atoms with Gasteiger partial charge in [0.1, 0.15) is 0 Å². The molecule has 0 saturated carbocycles. The molecule has 2 aromatic carbocycles. The summed E-state index contributed by atoms with van der Waals surface area (Å²) >= 11 is 0. The summed E-state index contributed by atoms with van der Waals surface area (Å²) in [5.74, 6) is 0.607. The van der Waals surface area contributed by atoms with Crippen LogP contribution in [0.25, 0.3) is 22.4 Å². The summed E-state index contributed by atoms with van der Waals surface area (Å²) in [6.07, 6.45) is 13.4. The molecule has 0 amide bonds. The zero-order valence-electron chi connectivity index (χ0n) is 18.4. The molecule has 1 heterocycles. The number of benzene rings is 2. The van der Waals surface area contributed by atoms with Gasteiger partial charge in [-0.05, 0) is 29.5 Å². The van der Waals surface area contributed by atoms with Gasteiger partial charge in [0.05, 0.1) is 24.7 Å². The van der Waals surface area contributed by atoms with E-state index in [4.69, 9.17) is 4.74 Å². The highest BCUT2D eigenvalue weighted by molar-refractivity contribution is 5.68. The van der Waals surface area contributed by atoms with Gasteiger partial charge in [-0.1, -0.05) is 101 Å². The van der Waals surface area contributed by atoms with Gasteiger partial charge in [-0.3, -0.25) is 0 Å². The maximum Gasteiger partial charge on any atom is 0.232 e. The number of hydrogen-bond acceptors (Lipinski definition) is 3. The van der Waals surface area contributed by atoms with E-state index in [1.807, 2.05) is 0 Å². The van der Waals surface area contributed by atoms with Crippen LogP contribution >= 0.6 is 0 Å². The lowest BCUT2D eigenvalue weighted by molar-refractivity contribution is 0.292. The number of rotatable bonds is 12. The van der Waals surface area contributed by atoms with Crippen molar-refractivity contribution in [1.29, 1.82) is 0 Å². The molecule has 3 nitrogen and oxygen atoms in total. The Balaban J connectivity index is 1.51. The van der Waals surface area contributed by atoms with Crippen molar-refractivity contribution in [2.45, 2.75) is 65.2 Å². The highest BCUT2D eigenvalue weighted by Crippen LogP contribution is 2.24. The maximum atomic E-state index is 5.73. The molecule has 3 aromatic rings. The number of aryl methyl sites for hydroxylation is 1. The van der Waals surface area contributed by atoms with Crippen molar-refractivity contribution in [2.75, 3.05) is 6.61 Å². The molecule has 0 saturated heterocycles. The van der Waals surface area contributed by atoms with Crippen LogP contribution < -0.4 is 4.74 Å². The molecule has 30 heavy (non-hydrogen) atoms. The van der Waals surface area contributed by atoms with E-state index in [-0.39, 0.29) is 0 Å². The molecule has 0 spiro atoms. The zero-order valence-corrected chi connectivity index (χ0v) is 18.4. The molecule has 0 unspecified atom stereocenters. The van der Waals surface area contributed by atoms with Crippen LogP contribution in [0.5, 0.6) is 5.88 Å². The fraction of sp³-hybridized carbons (Fsp3) is 0.407. The van der Waals surface area contributed by atoms with Gasteiger partial charge in [0.15, 0.2) is 0 Å². The first kappa shape index (κ1) is 22.0. The van der Waals surface area contributed by atoms with E-state index in [1.165, 1.54) is 55.2 Å². The third-order valence-electron chi connectivity index (χ3n) is 5.38. The van der Waals surface area contributed by atoms with Crippen molar-refractivity contribution in [3.8, 4) is 28.3 Å². The first-order valence-electron chi connectivity index (χ1n) is 11.4. The number of unbranched alkanes of at least 4 members (excludes halogenated alkanes) is 5. The fourth-order valence-corrected chi connectivity index (χ4v) is 3.58. The number of hydrogen-bond donors (Lipinski definition) is 0. The van der Waals surface area contributed by atoms with Gasteiger partial charge in [-0.15, -0.1) is 0 Å². The van der Waals surface area contributed by atoms with Gasteiger partial charge in [0.25, 0.3) is 0 Å². The van der Waals surface area contributed by atoms with Crippen LogP contribution in [0.4, 0.5) is 0 Å². The molecule has 0 radical (unpaired) electrons. The van der Waals surface area contributed by atoms with Crippen LogP contribution in [-0.2, 0) is 6.42 Å². The van der Waals surface area contributed by atoms with Crippen LogP contribution in [0, 0.1) is 0 Å². The second kappa shape index (κ2) is 12.1. The van der Waals surface area contributed by atoms with Crippen molar-refractivity contribution in [1.82, 2.24) is 9.97 Å². The molecule has 0 bridgehead atoms. The predicted molar refractivity (Wildman–Crippen MR) is 126 cm³/mol. The molecule has 3 heteroatoms.